The number of hydrogen-bond donors (Lipinski definition) is 1. The Morgan fingerprint density at radius 2 is 1.83 bits per heavy atom. The molecule has 104 valence electrons. The van der Waals surface area contributed by atoms with Gasteiger partial charge in [-0.1, -0.05) is 6.92 Å². The number of rotatable bonds is 7. The van der Waals surface area contributed by atoms with Crippen LogP contribution in [0.25, 0.3) is 0 Å². The van der Waals surface area contributed by atoms with E-state index in [0.717, 1.165) is 6.42 Å². The van der Waals surface area contributed by atoms with Gasteiger partial charge in [-0.3, -0.25) is 19.8 Å². The molecule has 0 saturated carbocycles. The SMILES string of the molecule is CCCN(CC(=O)NC(=O)OC)CC(=O)OCC. The van der Waals surface area contributed by atoms with Crippen LogP contribution in [0.15, 0.2) is 0 Å². The van der Waals surface area contributed by atoms with Gasteiger partial charge < -0.3 is 9.47 Å². The van der Waals surface area contributed by atoms with E-state index in [1.54, 1.807) is 11.8 Å². The van der Waals surface area contributed by atoms with Gasteiger partial charge in [0.25, 0.3) is 0 Å². The van der Waals surface area contributed by atoms with E-state index < -0.39 is 18.0 Å². The predicted octanol–water partition coefficient (Wildman–Crippen LogP) is 0.144. The zero-order valence-electron chi connectivity index (χ0n) is 11.0. The molecule has 0 atom stereocenters. The molecule has 7 nitrogen and oxygen atoms in total. The first-order valence-electron chi connectivity index (χ1n) is 5.79. The second-order valence-electron chi connectivity index (χ2n) is 3.56. The summed E-state index contributed by atoms with van der Waals surface area (Å²) in [5, 5.41) is 2.03. The van der Waals surface area contributed by atoms with Crippen LogP contribution in [0.4, 0.5) is 4.79 Å². The predicted molar refractivity (Wildman–Crippen MR) is 63.9 cm³/mol. The van der Waals surface area contributed by atoms with E-state index in [1.165, 1.54) is 7.11 Å². The van der Waals surface area contributed by atoms with Crippen LogP contribution in [0.2, 0.25) is 0 Å². The lowest BCUT2D eigenvalue weighted by Gasteiger charge is -2.19. The van der Waals surface area contributed by atoms with Gasteiger partial charge in [-0.2, -0.15) is 0 Å². The molecular formula is C11H20N2O5. The van der Waals surface area contributed by atoms with Crippen molar-refractivity contribution in [3.05, 3.63) is 0 Å². The molecule has 18 heavy (non-hydrogen) atoms. The summed E-state index contributed by atoms with van der Waals surface area (Å²) >= 11 is 0. The Bertz CT molecular complexity index is 293. The summed E-state index contributed by atoms with van der Waals surface area (Å²) in [6.07, 6.45) is -0.0298. The van der Waals surface area contributed by atoms with Crippen LogP contribution in [-0.4, -0.2) is 56.2 Å². The van der Waals surface area contributed by atoms with Crippen LogP contribution in [0, 0.1) is 0 Å². The van der Waals surface area contributed by atoms with Crippen molar-refractivity contribution in [2.75, 3.05) is 33.4 Å². The highest BCUT2D eigenvalue weighted by molar-refractivity contribution is 5.92. The lowest BCUT2D eigenvalue weighted by molar-refractivity contribution is -0.144. The first-order valence-corrected chi connectivity index (χ1v) is 5.79. The maximum atomic E-state index is 11.4. The van der Waals surface area contributed by atoms with E-state index in [4.69, 9.17) is 4.74 Å². The number of esters is 1. The smallest absolute Gasteiger partial charge is 0.413 e. The number of nitrogens with one attached hydrogen (secondary N) is 1. The summed E-state index contributed by atoms with van der Waals surface area (Å²) in [7, 11) is 1.17. The Morgan fingerprint density at radius 1 is 1.17 bits per heavy atom. The molecule has 0 bridgehead atoms. The zero-order chi connectivity index (χ0) is 14.0. The van der Waals surface area contributed by atoms with Crippen molar-refractivity contribution in [2.24, 2.45) is 0 Å². The van der Waals surface area contributed by atoms with Gasteiger partial charge in [0.1, 0.15) is 0 Å². The van der Waals surface area contributed by atoms with Crippen molar-refractivity contribution >= 4 is 18.0 Å². The maximum Gasteiger partial charge on any atom is 0.413 e. The van der Waals surface area contributed by atoms with Gasteiger partial charge in [-0.05, 0) is 19.9 Å². The molecule has 1 N–H and O–H groups in total. The van der Waals surface area contributed by atoms with E-state index in [0.29, 0.717) is 13.2 Å². The Hall–Kier alpha value is -1.63. The number of carbonyl (C=O) groups is 3. The van der Waals surface area contributed by atoms with Gasteiger partial charge in [0.15, 0.2) is 0 Å². The standard InChI is InChI=1S/C11H20N2O5/c1-4-6-13(8-10(15)18-5-2)7-9(14)12-11(16)17-3/h4-8H2,1-3H3,(H,12,14,16). The van der Waals surface area contributed by atoms with Gasteiger partial charge in [0, 0.05) is 0 Å². The van der Waals surface area contributed by atoms with E-state index in [9.17, 15) is 14.4 Å². The quantitative estimate of drug-likeness (QED) is 0.656. The van der Waals surface area contributed by atoms with Gasteiger partial charge in [-0.25, -0.2) is 4.79 Å². The third-order valence-corrected chi connectivity index (χ3v) is 1.99. The summed E-state index contributed by atoms with van der Waals surface area (Å²) in [6, 6.07) is 0. The molecule has 2 amide bonds. The fourth-order valence-corrected chi connectivity index (χ4v) is 1.33. The van der Waals surface area contributed by atoms with Gasteiger partial charge in [0.2, 0.25) is 5.91 Å². The molecule has 0 fully saturated rings. The molecular weight excluding hydrogens is 240 g/mol. The normalized spacial score (nSPS) is 10.0. The highest BCUT2D eigenvalue weighted by Gasteiger charge is 2.16. The highest BCUT2D eigenvalue weighted by atomic mass is 16.5. The molecule has 0 spiro atoms. The molecule has 0 unspecified atom stereocenters. The number of amides is 2. The Morgan fingerprint density at radius 3 is 2.33 bits per heavy atom. The first kappa shape index (κ1) is 16.4. The number of hydrogen-bond acceptors (Lipinski definition) is 6. The number of alkyl carbamates (subject to hydrolysis) is 1. The van der Waals surface area contributed by atoms with Crippen LogP contribution >= 0.6 is 0 Å². The van der Waals surface area contributed by atoms with Gasteiger partial charge in [0.05, 0.1) is 26.8 Å². The number of carbonyl (C=O) groups excluding carboxylic acids is 3. The monoisotopic (exact) mass is 260 g/mol. The summed E-state index contributed by atoms with van der Waals surface area (Å²) in [5.41, 5.74) is 0. The summed E-state index contributed by atoms with van der Waals surface area (Å²) in [5.74, 6) is -0.906. The first-order chi connectivity index (χ1) is 8.53. The fraction of sp³-hybridized carbons (Fsp3) is 0.727. The maximum absolute atomic E-state index is 11.4. The summed E-state index contributed by atoms with van der Waals surface area (Å²) in [6.45, 7) is 4.47. The average Bonchev–Trinajstić information content (AvgIpc) is 2.29. The number of imide groups is 1. The minimum Gasteiger partial charge on any atom is -0.465 e. The Labute approximate surface area is 106 Å². The van der Waals surface area contributed by atoms with Crippen LogP contribution in [0.5, 0.6) is 0 Å². The molecule has 0 saturated heterocycles. The number of methoxy groups -OCH3 is 1. The van der Waals surface area contributed by atoms with Crippen molar-refractivity contribution in [1.82, 2.24) is 10.2 Å². The Kier molecular flexibility index (Phi) is 8.55. The van der Waals surface area contributed by atoms with E-state index in [1.807, 2.05) is 12.2 Å². The Balaban J connectivity index is 4.21. The fourth-order valence-electron chi connectivity index (χ4n) is 1.33. The van der Waals surface area contributed by atoms with Crippen molar-refractivity contribution in [1.29, 1.82) is 0 Å². The van der Waals surface area contributed by atoms with Crippen molar-refractivity contribution < 1.29 is 23.9 Å². The van der Waals surface area contributed by atoms with Gasteiger partial charge >= 0.3 is 12.1 Å². The third-order valence-electron chi connectivity index (χ3n) is 1.99. The molecule has 7 heteroatoms. The molecule has 0 aliphatic heterocycles. The minimum atomic E-state index is -0.812. The third kappa shape index (κ3) is 7.61. The molecule has 0 aromatic carbocycles. The summed E-state index contributed by atoms with van der Waals surface area (Å²) in [4.78, 5) is 35.2. The van der Waals surface area contributed by atoms with E-state index >= 15 is 0 Å². The number of nitrogens with zero attached hydrogens (tertiary/aromatic N) is 1. The average molecular weight is 260 g/mol. The van der Waals surface area contributed by atoms with Crippen molar-refractivity contribution in [3.8, 4) is 0 Å². The molecule has 0 aromatic rings. The van der Waals surface area contributed by atoms with Crippen LogP contribution in [0.1, 0.15) is 20.3 Å². The second-order valence-corrected chi connectivity index (χ2v) is 3.56. The van der Waals surface area contributed by atoms with Crippen LogP contribution in [-0.2, 0) is 19.1 Å². The lowest BCUT2D eigenvalue weighted by Crippen LogP contribution is -2.42. The molecule has 0 radical (unpaired) electrons. The van der Waals surface area contributed by atoms with Crippen molar-refractivity contribution in [2.45, 2.75) is 20.3 Å². The molecule has 0 aliphatic rings. The molecule has 0 aliphatic carbocycles. The van der Waals surface area contributed by atoms with E-state index in [2.05, 4.69) is 4.74 Å². The molecule has 0 heterocycles. The largest absolute Gasteiger partial charge is 0.465 e. The highest BCUT2D eigenvalue weighted by Crippen LogP contribution is 1.93. The minimum absolute atomic E-state index is 0.0241. The van der Waals surface area contributed by atoms with Crippen LogP contribution < -0.4 is 5.32 Å². The van der Waals surface area contributed by atoms with Crippen LogP contribution in [0.3, 0.4) is 0 Å². The summed E-state index contributed by atoms with van der Waals surface area (Å²) < 4.78 is 9.10. The molecule has 0 rings (SSSR count). The van der Waals surface area contributed by atoms with Gasteiger partial charge in [-0.15, -0.1) is 0 Å². The topological polar surface area (TPSA) is 84.9 Å². The lowest BCUT2D eigenvalue weighted by atomic mass is 10.4. The zero-order valence-corrected chi connectivity index (χ0v) is 11.0. The second kappa shape index (κ2) is 9.41. The van der Waals surface area contributed by atoms with E-state index in [-0.39, 0.29) is 13.1 Å². The molecule has 0 aromatic heterocycles. The number of ether oxygens (including phenoxy) is 2. The van der Waals surface area contributed by atoms with Crippen molar-refractivity contribution in [3.63, 3.8) is 0 Å².